The second-order valence-electron chi connectivity index (χ2n) is 5.80. The summed E-state index contributed by atoms with van der Waals surface area (Å²) in [6.45, 7) is 1.04. The quantitative estimate of drug-likeness (QED) is 0.917. The zero-order valence-corrected chi connectivity index (χ0v) is 13.1. The number of carbonyl (C=O) groups excluding carboxylic acids is 1. The number of hydrogen-bond donors (Lipinski definition) is 1. The van der Waals surface area contributed by atoms with E-state index >= 15 is 0 Å². The van der Waals surface area contributed by atoms with Crippen molar-refractivity contribution >= 4 is 29.4 Å². The van der Waals surface area contributed by atoms with Crippen molar-refractivity contribution < 1.29 is 9.53 Å². The van der Waals surface area contributed by atoms with Gasteiger partial charge in [0.1, 0.15) is 12.4 Å². The Hall–Kier alpha value is -3.08. The zero-order chi connectivity index (χ0) is 16.5. The smallest absolute Gasteiger partial charge is 0.414 e. The summed E-state index contributed by atoms with van der Waals surface area (Å²) < 4.78 is 4.97. The van der Waals surface area contributed by atoms with Crippen LogP contribution in [0.2, 0.25) is 0 Å². The topological polar surface area (TPSA) is 67.9 Å². The molecule has 2 aliphatic rings. The predicted molar refractivity (Wildman–Crippen MR) is 95.5 cm³/mol. The molecule has 2 N–H and O–H groups in total. The molecule has 5 nitrogen and oxygen atoms in total. The molecule has 0 aliphatic carbocycles. The van der Waals surface area contributed by atoms with Crippen LogP contribution in [0.1, 0.15) is 12.0 Å². The van der Waals surface area contributed by atoms with Crippen molar-refractivity contribution in [2.75, 3.05) is 18.1 Å². The van der Waals surface area contributed by atoms with Crippen LogP contribution in [0.25, 0.3) is 17.2 Å². The Bertz CT molecular complexity index is 853. The maximum atomic E-state index is 11.6. The van der Waals surface area contributed by atoms with Gasteiger partial charge >= 0.3 is 6.09 Å². The molecule has 0 unspecified atom stereocenters. The standard InChI is InChI=1S/C19H17N3O2/c20-18-3-1-2-15-12-14(6-9-17(15)21-18)13-4-7-16(8-5-13)22-10-11-24-19(22)23/h1-2,4-9,12H,3,10-11H2,(H2,20,21). The first-order valence-corrected chi connectivity index (χ1v) is 7.89. The first-order valence-electron chi connectivity index (χ1n) is 7.89. The van der Waals surface area contributed by atoms with Crippen LogP contribution >= 0.6 is 0 Å². The van der Waals surface area contributed by atoms with E-state index in [1.165, 1.54) is 0 Å². The van der Waals surface area contributed by atoms with Crippen molar-refractivity contribution in [1.29, 1.82) is 0 Å². The fraction of sp³-hybridized carbons (Fsp3) is 0.158. The Morgan fingerprint density at radius 3 is 2.62 bits per heavy atom. The van der Waals surface area contributed by atoms with Gasteiger partial charge in [0.15, 0.2) is 0 Å². The molecule has 0 radical (unpaired) electrons. The van der Waals surface area contributed by atoms with Gasteiger partial charge in [-0.2, -0.15) is 0 Å². The summed E-state index contributed by atoms with van der Waals surface area (Å²) in [5.74, 6) is 0.625. The highest BCUT2D eigenvalue weighted by Gasteiger charge is 2.23. The summed E-state index contributed by atoms with van der Waals surface area (Å²) in [4.78, 5) is 17.7. The molecule has 5 heteroatoms. The summed E-state index contributed by atoms with van der Waals surface area (Å²) in [5, 5.41) is 0. The Balaban J connectivity index is 1.65. The molecule has 24 heavy (non-hydrogen) atoms. The summed E-state index contributed by atoms with van der Waals surface area (Å²) in [5.41, 5.74) is 10.8. The molecule has 2 aromatic rings. The van der Waals surface area contributed by atoms with E-state index in [0.29, 0.717) is 25.4 Å². The fourth-order valence-corrected chi connectivity index (χ4v) is 2.94. The SMILES string of the molecule is NC1=Nc2ccc(-c3ccc(N4CCOC4=O)cc3)cc2C=CC1. The molecular formula is C19H17N3O2. The highest BCUT2D eigenvalue weighted by atomic mass is 16.6. The number of rotatable bonds is 2. The molecule has 1 saturated heterocycles. The van der Waals surface area contributed by atoms with Gasteiger partial charge in [0.25, 0.3) is 0 Å². The lowest BCUT2D eigenvalue weighted by Gasteiger charge is -2.13. The molecule has 2 heterocycles. The van der Waals surface area contributed by atoms with Crippen molar-refractivity contribution in [3.63, 3.8) is 0 Å². The third-order valence-electron chi connectivity index (χ3n) is 4.19. The van der Waals surface area contributed by atoms with Crippen LogP contribution in [0.5, 0.6) is 0 Å². The molecule has 0 aromatic heterocycles. The monoisotopic (exact) mass is 319 g/mol. The van der Waals surface area contributed by atoms with Crippen molar-refractivity contribution in [3.8, 4) is 11.1 Å². The zero-order valence-electron chi connectivity index (χ0n) is 13.1. The van der Waals surface area contributed by atoms with Crippen LogP contribution in [0.4, 0.5) is 16.2 Å². The number of carbonyl (C=O) groups is 1. The molecule has 120 valence electrons. The first-order chi connectivity index (χ1) is 11.7. The summed E-state index contributed by atoms with van der Waals surface area (Å²) in [7, 11) is 0. The maximum absolute atomic E-state index is 11.6. The lowest BCUT2D eigenvalue weighted by Crippen LogP contribution is -2.23. The predicted octanol–water partition coefficient (Wildman–Crippen LogP) is 3.72. The molecule has 0 bridgehead atoms. The average molecular weight is 319 g/mol. The largest absolute Gasteiger partial charge is 0.447 e. The van der Waals surface area contributed by atoms with E-state index in [1.54, 1.807) is 4.90 Å². The first kappa shape index (κ1) is 14.5. The van der Waals surface area contributed by atoms with E-state index in [4.69, 9.17) is 10.5 Å². The number of amidine groups is 1. The number of hydrogen-bond acceptors (Lipinski definition) is 4. The number of nitrogens with two attached hydrogens (primary N) is 1. The van der Waals surface area contributed by atoms with E-state index in [1.807, 2.05) is 42.5 Å². The molecule has 1 fully saturated rings. The number of anilines is 1. The van der Waals surface area contributed by atoms with Crippen LogP contribution in [0, 0.1) is 0 Å². The number of aliphatic imine (C=N–C) groups is 1. The van der Waals surface area contributed by atoms with Gasteiger partial charge in [0.2, 0.25) is 0 Å². The highest BCUT2D eigenvalue weighted by molar-refractivity contribution is 5.90. The van der Waals surface area contributed by atoms with E-state index in [0.717, 1.165) is 28.1 Å². The summed E-state index contributed by atoms with van der Waals surface area (Å²) in [6.07, 6.45) is 4.46. The second-order valence-corrected chi connectivity index (χ2v) is 5.80. The van der Waals surface area contributed by atoms with Crippen molar-refractivity contribution in [2.45, 2.75) is 6.42 Å². The van der Waals surface area contributed by atoms with Gasteiger partial charge < -0.3 is 10.5 Å². The Morgan fingerprint density at radius 2 is 1.88 bits per heavy atom. The van der Waals surface area contributed by atoms with Gasteiger partial charge in [0, 0.05) is 17.7 Å². The van der Waals surface area contributed by atoms with Crippen LogP contribution in [0.15, 0.2) is 53.5 Å². The van der Waals surface area contributed by atoms with Crippen molar-refractivity contribution in [3.05, 3.63) is 54.1 Å². The van der Waals surface area contributed by atoms with E-state index < -0.39 is 0 Å². The van der Waals surface area contributed by atoms with E-state index in [2.05, 4.69) is 17.1 Å². The van der Waals surface area contributed by atoms with Crippen LogP contribution in [-0.4, -0.2) is 25.1 Å². The Kier molecular flexibility index (Phi) is 3.54. The van der Waals surface area contributed by atoms with Gasteiger partial charge in [-0.05, 0) is 35.4 Å². The molecule has 0 atom stereocenters. The maximum Gasteiger partial charge on any atom is 0.414 e. The van der Waals surface area contributed by atoms with Gasteiger partial charge in [-0.1, -0.05) is 30.4 Å². The Morgan fingerprint density at radius 1 is 1.08 bits per heavy atom. The average Bonchev–Trinajstić information content (AvgIpc) is 2.93. The van der Waals surface area contributed by atoms with Crippen LogP contribution < -0.4 is 10.6 Å². The summed E-state index contributed by atoms with van der Waals surface area (Å²) >= 11 is 0. The third-order valence-corrected chi connectivity index (χ3v) is 4.19. The molecule has 0 saturated carbocycles. The molecule has 0 spiro atoms. The minimum Gasteiger partial charge on any atom is -0.447 e. The Labute approximate surface area is 140 Å². The minimum atomic E-state index is -0.284. The molecular weight excluding hydrogens is 302 g/mol. The van der Waals surface area contributed by atoms with Crippen molar-refractivity contribution in [1.82, 2.24) is 0 Å². The van der Waals surface area contributed by atoms with Gasteiger partial charge in [0.05, 0.1) is 12.2 Å². The molecule has 2 aliphatic heterocycles. The molecule has 1 amide bonds. The van der Waals surface area contributed by atoms with Gasteiger partial charge in [-0.15, -0.1) is 0 Å². The fourth-order valence-electron chi connectivity index (χ4n) is 2.94. The number of cyclic esters (lactones) is 1. The van der Waals surface area contributed by atoms with E-state index in [-0.39, 0.29) is 6.09 Å². The number of fused-ring (bicyclic) bond motifs is 1. The molecule has 4 rings (SSSR count). The number of ether oxygens (including phenoxy) is 1. The van der Waals surface area contributed by atoms with Crippen LogP contribution in [-0.2, 0) is 4.74 Å². The number of benzene rings is 2. The minimum absolute atomic E-state index is 0.284. The highest BCUT2D eigenvalue weighted by Crippen LogP contribution is 2.31. The number of amides is 1. The lowest BCUT2D eigenvalue weighted by molar-refractivity contribution is 0.181. The van der Waals surface area contributed by atoms with E-state index in [9.17, 15) is 4.79 Å². The molecule has 2 aromatic carbocycles. The summed E-state index contributed by atoms with van der Waals surface area (Å²) in [6, 6.07) is 14.0. The lowest BCUT2D eigenvalue weighted by atomic mass is 10.0. The van der Waals surface area contributed by atoms with Crippen LogP contribution in [0.3, 0.4) is 0 Å². The van der Waals surface area contributed by atoms with Crippen molar-refractivity contribution in [2.24, 2.45) is 10.7 Å². The van der Waals surface area contributed by atoms with Gasteiger partial charge in [-0.3, -0.25) is 4.90 Å². The second kappa shape index (κ2) is 5.85. The number of nitrogens with zero attached hydrogens (tertiary/aromatic N) is 2. The third kappa shape index (κ3) is 2.65. The van der Waals surface area contributed by atoms with Gasteiger partial charge in [-0.25, -0.2) is 9.79 Å². The normalized spacial score (nSPS) is 16.4.